The zero-order valence-corrected chi connectivity index (χ0v) is 27.1. The molecule has 1 unspecified atom stereocenters. The Morgan fingerprint density at radius 1 is 0.357 bits per heavy atom. The maximum absolute atomic E-state index is 10.8. The molecule has 252 valence electrons. The summed E-state index contributed by atoms with van der Waals surface area (Å²) < 4.78 is 0. The second-order valence-corrected chi connectivity index (χ2v) is 13.7. The lowest BCUT2D eigenvalue weighted by Gasteiger charge is -2.59. The molecule has 1 aliphatic rings. The molecule has 0 radical (unpaired) electrons. The van der Waals surface area contributed by atoms with Gasteiger partial charge < -0.3 is 35.7 Å². The van der Waals surface area contributed by atoms with Gasteiger partial charge >= 0.3 is 0 Å². The molecule has 0 amide bonds. The molecule has 0 aliphatic heterocycles. The van der Waals surface area contributed by atoms with E-state index >= 15 is 0 Å². The molecule has 0 aromatic heterocycles. The summed E-state index contributed by atoms with van der Waals surface area (Å²) >= 11 is 0. The highest BCUT2D eigenvalue weighted by Gasteiger charge is 2.63. The Morgan fingerprint density at radius 2 is 0.667 bits per heavy atom. The maximum Gasteiger partial charge on any atom is 0.0523 e. The third-order valence-corrected chi connectivity index (χ3v) is 11.1. The van der Waals surface area contributed by atoms with Crippen LogP contribution in [0.25, 0.3) is 0 Å². The summed E-state index contributed by atoms with van der Waals surface area (Å²) in [5, 5.41) is 75.1. The number of hydrogen-bond acceptors (Lipinski definition) is 7. The fraction of sp³-hybridized carbons (Fsp3) is 1.00. The minimum absolute atomic E-state index is 0.324. The molecular weight excluding hydrogens is 532 g/mol. The van der Waals surface area contributed by atoms with Crippen molar-refractivity contribution < 1.29 is 35.7 Å². The molecule has 0 spiro atoms. The Kier molecular flexibility index (Phi) is 22.7. The van der Waals surface area contributed by atoms with Gasteiger partial charge in [-0.25, -0.2) is 0 Å². The molecule has 1 aliphatic carbocycles. The minimum atomic E-state index is -1.58. The molecule has 7 nitrogen and oxygen atoms in total. The lowest BCUT2D eigenvalue weighted by Crippen LogP contribution is -2.66. The van der Waals surface area contributed by atoms with Gasteiger partial charge in [-0.15, -0.1) is 0 Å². The molecule has 0 bridgehead atoms. The molecule has 1 rings (SSSR count). The first-order valence-corrected chi connectivity index (χ1v) is 17.8. The zero-order valence-electron chi connectivity index (χ0n) is 27.1. The molecular formula is C35H70O7. The quantitative estimate of drug-likeness (QED) is 0.193. The first kappa shape index (κ1) is 39.7. The second kappa shape index (κ2) is 24.0. The SMILES string of the molecule is OCC1CCCCCCCCCCCCCCCCCCCCCCCCC(CO)(CO)C(CO)(CO)C1(CO)CO. The van der Waals surface area contributed by atoms with Gasteiger partial charge in [-0.2, -0.15) is 0 Å². The van der Waals surface area contributed by atoms with Gasteiger partial charge in [0.15, 0.2) is 0 Å². The Hall–Kier alpha value is -0.280. The maximum atomic E-state index is 10.8. The van der Waals surface area contributed by atoms with Gasteiger partial charge in [0.25, 0.3) is 0 Å². The summed E-state index contributed by atoms with van der Waals surface area (Å²) in [4.78, 5) is 0. The van der Waals surface area contributed by atoms with Crippen LogP contribution in [0.5, 0.6) is 0 Å². The van der Waals surface area contributed by atoms with Crippen molar-refractivity contribution in [3.63, 3.8) is 0 Å². The average molecular weight is 603 g/mol. The molecule has 7 heteroatoms. The molecule has 0 heterocycles. The van der Waals surface area contributed by atoms with Gasteiger partial charge in [0, 0.05) is 22.9 Å². The summed E-state index contributed by atoms with van der Waals surface area (Å²) in [5.41, 5.74) is -4.37. The van der Waals surface area contributed by atoms with Crippen molar-refractivity contribution in [2.75, 3.05) is 46.2 Å². The second-order valence-electron chi connectivity index (χ2n) is 13.7. The average Bonchev–Trinajstić information content (AvgIpc) is 3.02. The molecule has 1 saturated carbocycles. The summed E-state index contributed by atoms with van der Waals surface area (Å²) in [6.45, 7) is -3.70. The van der Waals surface area contributed by atoms with E-state index in [1.54, 1.807) is 0 Å². The number of hydrogen-bond donors (Lipinski definition) is 7. The first-order chi connectivity index (χ1) is 20.5. The normalized spacial score (nSPS) is 25.6. The van der Waals surface area contributed by atoms with Crippen LogP contribution < -0.4 is 0 Å². The fourth-order valence-corrected chi connectivity index (χ4v) is 7.91. The van der Waals surface area contributed by atoms with E-state index in [4.69, 9.17) is 0 Å². The van der Waals surface area contributed by atoms with Crippen LogP contribution in [0.4, 0.5) is 0 Å². The Labute approximate surface area is 258 Å². The lowest BCUT2D eigenvalue weighted by molar-refractivity contribution is -0.234. The smallest absolute Gasteiger partial charge is 0.0523 e. The Balaban J connectivity index is 3.02. The summed E-state index contributed by atoms with van der Waals surface area (Å²) in [7, 11) is 0. The van der Waals surface area contributed by atoms with Crippen LogP contribution in [-0.4, -0.2) is 82.0 Å². The van der Waals surface area contributed by atoms with E-state index in [-0.39, 0.29) is 6.61 Å². The van der Waals surface area contributed by atoms with Crippen LogP contribution in [0.3, 0.4) is 0 Å². The van der Waals surface area contributed by atoms with Crippen molar-refractivity contribution in [1.82, 2.24) is 0 Å². The van der Waals surface area contributed by atoms with E-state index in [2.05, 4.69) is 0 Å². The van der Waals surface area contributed by atoms with E-state index in [1.165, 1.54) is 96.3 Å². The topological polar surface area (TPSA) is 142 Å². The predicted molar refractivity (Wildman–Crippen MR) is 171 cm³/mol. The van der Waals surface area contributed by atoms with Crippen molar-refractivity contribution >= 4 is 0 Å². The summed E-state index contributed by atoms with van der Waals surface area (Å²) in [5.74, 6) is -0.601. The van der Waals surface area contributed by atoms with Gasteiger partial charge in [-0.05, 0) is 18.8 Å². The van der Waals surface area contributed by atoms with Crippen LogP contribution in [0.15, 0.2) is 0 Å². The van der Waals surface area contributed by atoms with Gasteiger partial charge in [-0.1, -0.05) is 141 Å². The number of aliphatic hydroxyl groups is 7. The van der Waals surface area contributed by atoms with Crippen LogP contribution in [0, 0.1) is 22.2 Å². The van der Waals surface area contributed by atoms with Crippen LogP contribution in [0.1, 0.15) is 154 Å². The third kappa shape index (κ3) is 11.6. The Bertz CT molecular complexity index is 602. The minimum Gasteiger partial charge on any atom is -0.396 e. The zero-order chi connectivity index (χ0) is 31.0. The van der Waals surface area contributed by atoms with Crippen LogP contribution in [-0.2, 0) is 0 Å². The van der Waals surface area contributed by atoms with Gasteiger partial charge in [0.05, 0.1) is 39.6 Å². The fourth-order valence-electron chi connectivity index (χ4n) is 7.91. The predicted octanol–water partition coefficient (Wildman–Crippen LogP) is 5.88. The van der Waals surface area contributed by atoms with E-state index in [0.29, 0.717) is 19.3 Å². The van der Waals surface area contributed by atoms with Crippen molar-refractivity contribution in [2.45, 2.75) is 154 Å². The van der Waals surface area contributed by atoms with Gasteiger partial charge in [-0.3, -0.25) is 0 Å². The van der Waals surface area contributed by atoms with E-state index in [0.717, 1.165) is 38.5 Å². The van der Waals surface area contributed by atoms with Crippen LogP contribution in [0.2, 0.25) is 0 Å². The highest BCUT2D eigenvalue weighted by Crippen LogP contribution is 2.57. The molecule has 7 N–H and O–H groups in total. The molecule has 42 heavy (non-hydrogen) atoms. The largest absolute Gasteiger partial charge is 0.396 e. The third-order valence-electron chi connectivity index (χ3n) is 11.1. The van der Waals surface area contributed by atoms with Crippen LogP contribution >= 0.6 is 0 Å². The van der Waals surface area contributed by atoms with E-state index < -0.39 is 61.8 Å². The van der Waals surface area contributed by atoms with Gasteiger partial charge in [0.1, 0.15) is 0 Å². The number of aliphatic hydroxyl groups excluding tert-OH is 7. The molecule has 0 aromatic carbocycles. The molecule has 0 saturated heterocycles. The standard InChI is InChI=1S/C35H70O7/c36-25-32-23-21-19-17-15-13-11-9-7-5-3-1-2-4-6-8-10-12-14-16-18-20-22-24-33(26-37,27-38)35(30-41,31-42)34(32,28-39)29-40/h32,36-42H,1-31H2. The van der Waals surface area contributed by atoms with Gasteiger partial charge in [0.2, 0.25) is 0 Å². The summed E-state index contributed by atoms with van der Waals surface area (Å²) in [6.07, 6.45) is 27.1. The van der Waals surface area contributed by atoms with Crippen molar-refractivity contribution in [1.29, 1.82) is 0 Å². The monoisotopic (exact) mass is 603 g/mol. The number of rotatable bonds is 7. The van der Waals surface area contributed by atoms with Crippen molar-refractivity contribution in [3.8, 4) is 0 Å². The Morgan fingerprint density at radius 3 is 0.929 bits per heavy atom. The van der Waals surface area contributed by atoms with E-state index in [1.807, 2.05) is 0 Å². The highest BCUT2D eigenvalue weighted by molar-refractivity contribution is 5.10. The highest BCUT2D eigenvalue weighted by atomic mass is 16.3. The molecule has 0 aromatic rings. The van der Waals surface area contributed by atoms with Crippen molar-refractivity contribution in [3.05, 3.63) is 0 Å². The summed E-state index contributed by atoms with van der Waals surface area (Å²) in [6, 6.07) is 0. The lowest BCUT2D eigenvalue weighted by atomic mass is 9.46. The first-order valence-electron chi connectivity index (χ1n) is 17.8. The van der Waals surface area contributed by atoms with Crippen molar-refractivity contribution in [2.24, 2.45) is 22.2 Å². The molecule has 1 fully saturated rings. The molecule has 1 atom stereocenters. The van der Waals surface area contributed by atoms with E-state index in [9.17, 15) is 35.7 Å².